The number of benzene rings is 2. The molecule has 0 spiro atoms. The molecular formula is C21H24FNO4. The van der Waals surface area contributed by atoms with Crippen molar-refractivity contribution in [3.63, 3.8) is 0 Å². The maximum atomic E-state index is 13.5. The third-order valence-corrected chi connectivity index (χ3v) is 4.41. The molecule has 2 aromatic carbocycles. The minimum Gasteiger partial charge on any atom is -0.491 e. The highest BCUT2D eigenvalue weighted by Crippen LogP contribution is 2.18. The lowest BCUT2D eigenvalue weighted by Gasteiger charge is -2.18. The lowest BCUT2D eigenvalue weighted by atomic mass is 10.2. The van der Waals surface area contributed by atoms with Crippen LogP contribution < -0.4 is 9.47 Å². The normalized spacial score (nSPS) is 16.1. The maximum Gasteiger partial charge on any atom is 0.253 e. The second-order valence-corrected chi connectivity index (χ2v) is 6.48. The van der Waals surface area contributed by atoms with Gasteiger partial charge in [0, 0.05) is 19.2 Å². The van der Waals surface area contributed by atoms with E-state index in [9.17, 15) is 9.18 Å². The Morgan fingerprint density at radius 1 is 1.22 bits per heavy atom. The summed E-state index contributed by atoms with van der Waals surface area (Å²) in [6, 6.07) is 13.3. The third-order valence-electron chi connectivity index (χ3n) is 4.41. The predicted molar refractivity (Wildman–Crippen MR) is 99.8 cm³/mol. The van der Waals surface area contributed by atoms with Crippen molar-refractivity contribution in [3.8, 4) is 11.5 Å². The van der Waals surface area contributed by atoms with Crippen LogP contribution in [-0.2, 0) is 4.74 Å². The first-order valence-corrected chi connectivity index (χ1v) is 9.11. The Balaban J connectivity index is 1.50. The molecule has 0 bridgehead atoms. The minimum absolute atomic E-state index is 0.127. The van der Waals surface area contributed by atoms with Gasteiger partial charge in [0.2, 0.25) is 0 Å². The van der Waals surface area contributed by atoms with Gasteiger partial charge in [-0.05, 0) is 43.2 Å². The van der Waals surface area contributed by atoms with Gasteiger partial charge in [0.25, 0.3) is 5.91 Å². The van der Waals surface area contributed by atoms with E-state index in [2.05, 4.69) is 0 Å². The van der Waals surface area contributed by atoms with Crippen LogP contribution in [0.25, 0.3) is 0 Å². The van der Waals surface area contributed by atoms with E-state index in [0.717, 1.165) is 19.4 Å². The number of hydrogen-bond acceptors (Lipinski definition) is 4. The van der Waals surface area contributed by atoms with E-state index in [1.165, 1.54) is 6.07 Å². The summed E-state index contributed by atoms with van der Waals surface area (Å²) in [6.45, 7) is 1.82. The van der Waals surface area contributed by atoms with Crippen LogP contribution in [0.5, 0.6) is 11.5 Å². The summed E-state index contributed by atoms with van der Waals surface area (Å²) < 4.78 is 30.2. The molecule has 1 amide bonds. The molecule has 1 aliphatic heterocycles. The van der Waals surface area contributed by atoms with E-state index in [0.29, 0.717) is 24.5 Å². The molecule has 1 saturated heterocycles. The Bertz CT molecular complexity index is 761. The quantitative estimate of drug-likeness (QED) is 0.710. The molecular weight excluding hydrogens is 349 g/mol. The molecule has 2 aromatic rings. The highest BCUT2D eigenvalue weighted by atomic mass is 19.1. The van der Waals surface area contributed by atoms with Crippen LogP contribution in [0.15, 0.2) is 48.5 Å². The Labute approximate surface area is 158 Å². The Morgan fingerprint density at radius 2 is 2.07 bits per heavy atom. The number of carbonyl (C=O) groups excluding carboxylic acids is 1. The second kappa shape index (κ2) is 9.37. The van der Waals surface area contributed by atoms with Gasteiger partial charge in [-0.3, -0.25) is 4.79 Å². The number of rotatable bonds is 8. The Morgan fingerprint density at radius 3 is 2.85 bits per heavy atom. The fourth-order valence-corrected chi connectivity index (χ4v) is 2.86. The van der Waals surface area contributed by atoms with Crippen LogP contribution in [0.4, 0.5) is 4.39 Å². The smallest absolute Gasteiger partial charge is 0.253 e. The highest BCUT2D eigenvalue weighted by Gasteiger charge is 2.17. The van der Waals surface area contributed by atoms with Gasteiger partial charge in [-0.1, -0.05) is 18.2 Å². The van der Waals surface area contributed by atoms with Crippen molar-refractivity contribution in [2.24, 2.45) is 0 Å². The molecule has 3 rings (SSSR count). The molecule has 0 aromatic heterocycles. The molecule has 6 heteroatoms. The summed E-state index contributed by atoms with van der Waals surface area (Å²) >= 11 is 0. The van der Waals surface area contributed by atoms with E-state index < -0.39 is 5.82 Å². The number of amides is 1. The standard InChI is InChI=1S/C21H24FNO4/c1-23(11-13-26-20-10-3-2-9-19(20)22)21(24)16-6-4-7-17(14-16)27-15-18-8-5-12-25-18/h2-4,6-7,9-10,14,18H,5,8,11-13,15H2,1H3. The molecule has 1 heterocycles. The van der Waals surface area contributed by atoms with Crippen LogP contribution in [0.3, 0.4) is 0 Å². The molecule has 0 aliphatic carbocycles. The first-order chi connectivity index (χ1) is 13.1. The number of likely N-dealkylation sites (N-methyl/N-ethyl adjacent to an activating group) is 1. The van der Waals surface area contributed by atoms with Crippen molar-refractivity contribution in [1.82, 2.24) is 4.90 Å². The summed E-state index contributed by atoms with van der Waals surface area (Å²) in [5.41, 5.74) is 0.535. The second-order valence-electron chi connectivity index (χ2n) is 6.48. The van der Waals surface area contributed by atoms with Gasteiger partial charge in [-0.2, -0.15) is 0 Å². The Hall–Kier alpha value is -2.60. The fraction of sp³-hybridized carbons (Fsp3) is 0.381. The van der Waals surface area contributed by atoms with E-state index in [4.69, 9.17) is 14.2 Å². The topological polar surface area (TPSA) is 48.0 Å². The van der Waals surface area contributed by atoms with Crippen molar-refractivity contribution in [1.29, 1.82) is 0 Å². The van der Waals surface area contributed by atoms with Gasteiger partial charge in [-0.15, -0.1) is 0 Å². The molecule has 1 atom stereocenters. The third kappa shape index (κ3) is 5.44. The summed E-state index contributed by atoms with van der Waals surface area (Å²) in [5, 5.41) is 0. The van der Waals surface area contributed by atoms with E-state index in [-0.39, 0.29) is 24.4 Å². The van der Waals surface area contributed by atoms with Crippen LogP contribution in [0.2, 0.25) is 0 Å². The van der Waals surface area contributed by atoms with Crippen LogP contribution >= 0.6 is 0 Å². The first-order valence-electron chi connectivity index (χ1n) is 9.11. The SMILES string of the molecule is CN(CCOc1ccccc1F)C(=O)c1cccc(OCC2CCCO2)c1. The number of hydrogen-bond donors (Lipinski definition) is 0. The zero-order valence-electron chi connectivity index (χ0n) is 15.4. The molecule has 5 nitrogen and oxygen atoms in total. The van der Waals surface area contributed by atoms with Crippen molar-refractivity contribution in [3.05, 3.63) is 59.9 Å². The fourth-order valence-electron chi connectivity index (χ4n) is 2.86. The van der Waals surface area contributed by atoms with Gasteiger partial charge in [-0.25, -0.2) is 4.39 Å². The molecule has 27 heavy (non-hydrogen) atoms. The largest absolute Gasteiger partial charge is 0.491 e. The Kier molecular flexibility index (Phi) is 6.65. The van der Waals surface area contributed by atoms with Crippen LogP contribution in [0.1, 0.15) is 23.2 Å². The monoisotopic (exact) mass is 373 g/mol. The van der Waals surface area contributed by atoms with Gasteiger partial charge in [0.05, 0.1) is 12.6 Å². The summed E-state index contributed by atoms with van der Waals surface area (Å²) in [5.74, 6) is 0.271. The van der Waals surface area contributed by atoms with Crippen LogP contribution in [0, 0.1) is 5.82 Å². The van der Waals surface area contributed by atoms with Gasteiger partial charge < -0.3 is 19.1 Å². The lowest BCUT2D eigenvalue weighted by Crippen LogP contribution is -2.31. The van der Waals surface area contributed by atoms with Crippen molar-refractivity contribution >= 4 is 5.91 Å². The molecule has 0 radical (unpaired) electrons. The number of halogens is 1. The lowest BCUT2D eigenvalue weighted by molar-refractivity contribution is 0.0678. The van der Waals surface area contributed by atoms with Gasteiger partial charge in [0.1, 0.15) is 19.0 Å². The number of nitrogens with zero attached hydrogens (tertiary/aromatic N) is 1. The van der Waals surface area contributed by atoms with E-state index in [1.807, 2.05) is 6.07 Å². The van der Waals surface area contributed by atoms with Gasteiger partial charge in [0.15, 0.2) is 11.6 Å². The van der Waals surface area contributed by atoms with Crippen molar-refractivity contribution in [2.75, 3.05) is 33.4 Å². The van der Waals surface area contributed by atoms with Gasteiger partial charge >= 0.3 is 0 Å². The zero-order valence-corrected chi connectivity index (χ0v) is 15.4. The van der Waals surface area contributed by atoms with E-state index >= 15 is 0 Å². The van der Waals surface area contributed by atoms with Crippen LogP contribution in [-0.4, -0.2) is 50.3 Å². The molecule has 1 unspecified atom stereocenters. The number of ether oxygens (including phenoxy) is 3. The zero-order chi connectivity index (χ0) is 19.1. The summed E-state index contributed by atoms with van der Waals surface area (Å²) in [4.78, 5) is 14.1. The van der Waals surface area contributed by atoms with Crippen molar-refractivity contribution in [2.45, 2.75) is 18.9 Å². The van der Waals surface area contributed by atoms with Crippen molar-refractivity contribution < 1.29 is 23.4 Å². The average Bonchev–Trinajstić information content (AvgIpc) is 3.21. The number of para-hydroxylation sites is 1. The minimum atomic E-state index is -0.414. The molecule has 1 fully saturated rings. The van der Waals surface area contributed by atoms with E-state index in [1.54, 1.807) is 48.3 Å². The molecule has 0 saturated carbocycles. The molecule has 0 N–H and O–H groups in total. The predicted octanol–water partition coefficient (Wildman–Crippen LogP) is 3.53. The summed E-state index contributed by atoms with van der Waals surface area (Å²) in [7, 11) is 1.69. The summed E-state index contributed by atoms with van der Waals surface area (Å²) in [6.07, 6.45) is 2.19. The molecule has 1 aliphatic rings. The average molecular weight is 373 g/mol. The first kappa shape index (κ1) is 19.2. The maximum absolute atomic E-state index is 13.5. The highest BCUT2D eigenvalue weighted by molar-refractivity contribution is 5.94. The molecule has 144 valence electrons. The number of carbonyl (C=O) groups is 1.